The number of hydrogen-bond donors (Lipinski definition) is 1. The standard InChI is InChI=1S/C14H20INO3/c1-2-5-11-12(18-9-4-8-15)6-3-7-13(11)19-10-14(16)17/h3,6-7H,2,4-5,8-10H2,1H3,(H2,16,17). The molecule has 0 atom stereocenters. The van der Waals surface area contributed by atoms with Crippen LogP contribution < -0.4 is 15.2 Å². The van der Waals surface area contributed by atoms with Crippen LogP contribution in [0.15, 0.2) is 18.2 Å². The lowest BCUT2D eigenvalue weighted by molar-refractivity contribution is -0.119. The smallest absolute Gasteiger partial charge is 0.255 e. The number of amides is 1. The monoisotopic (exact) mass is 377 g/mol. The third-order valence-corrected chi connectivity index (χ3v) is 3.26. The summed E-state index contributed by atoms with van der Waals surface area (Å²) < 4.78 is 12.3. The van der Waals surface area contributed by atoms with Crippen LogP contribution in [0.3, 0.4) is 0 Å². The van der Waals surface area contributed by atoms with Crippen LogP contribution in [0.1, 0.15) is 25.3 Å². The highest BCUT2D eigenvalue weighted by atomic mass is 127. The maximum absolute atomic E-state index is 10.8. The summed E-state index contributed by atoms with van der Waals surface area (Å²) in [6.45, 7) is 2.69. The summed E-state index contributed by atoms with van der Waals surface area (Å²) in [4.78, 5) is 10.8. The van der Waals surface area contributed by atoms with Crippen molar-refractivity contribution < 1.29 is 14.3 Å². The van der Waals surface area contributed by atoms with Gasteiger partial charge < -0.3 is 15.2 Å². The topological polar surface area (TPSA) is 61.6 Å². The summed E-state index contributed by atoms with van der Waals surface area (Å²) in [6, 6.07) is 5.66. The van der Waals surface area contributed by atoms with Crippen molar-refractivity contribution in [1.29, 1.82) is 0 Å². The minimum absolute atomic E-state index is 0.103. The zero-order valence-electron chi connectivity index (χ0n) is 11.2. The summed E-state index contributed by atoms with van der Waals surface area (Å²) in [7, 11) is 0. The molecular weight excluding hydrogens is 357 g/mol. The van der Waals surface area contributed by atoms with Gasteiger partial charge in [0.25, 0.3) is 5.91 Å². The van der Waals surface area contributed by atoms with Gasteiger partial charge >= 0.3 is 0 Å². The first-order valence-electron chi connectivity index (χ1n) is 6.40. The predicted molar refractivity (Wildman–Crippen MR) is 84.1 cm³/mol. The molecule has 0 spiro atoms. The minimum atomic E-state index is -0.473. The Labute approximate surface area is 127 Å². The van der Waals surface area contributed by atoms with Gasteiger partial charge in [-0.1, -0.05) is 42.0 Å². The Morgan fingerprint density at radius 3 is 2.58 bits per heavy atom. The summed E-state index contributed by atoms with van der Waals surface area (Å²) >= 11 is 2.33. The SMILES string of the molecule is CCCc1c(OCCCI)cccc1OCC(N)=O. The molecule has 1 aromatic carbocycles. The van der Waals surface area contributed by atoms with E-state index in [2.05, 4.69) is 29.5 Å². The lowest BCUT2D eigenvalue weighted by Gasteiger charge is -2.15. The Balaban J connectivity index is 2.83. The van der Waals surface area contributed by atoms with Crippen LogP contribution in [0.5, 0.6) is 11.5 Å². The molecule has 0 bridgehead atoms. The maximum Gasteiger partial charge on any atom is 0.255 e. The second-order valence-electron chi connectivity index (χ2n) is 4.13. The van der Waals surface area contributed by atoms with E-state index in [0.717, 1.165) is 35.0 Å². The highest BCUT2D eigenvalue weighted by Crippen LogP contribution is 2.30. The van der Waals surface area contributed by atoms with Crippen LogP contribution in [-0.2, 0) is 11.2 Å². The van der Waals surface area contributed by atoms with E-state index in [1.165, 1.54) is 0 Å². The molecule has 1 aromatic rings. The largest absolute Gasteiger partial charge is 0.493 e. The number of carbonyl (C=O) groups excluding carboxylic acids is 1. The van der Waals surface area contributed by atoms with E-state index in [-0.39, 0.29) is 6.61 Å². The normalized spacial score (nSPS) is 10.2. The summed E-state index contributed by atoms with van der Waals surface area (Å²) in [5.41, 5.74) is 6.12. The van der Waals surface area contributed by atoms with Gasteiger partial charge in [0.1, 0.15) is 11.5 Å². The van der Waals surface area contributed by atoms with E-state index < -0.39 is 5.91 Å². The van der Waals surface area contributed by atoms with Crippen molar-refractivity contribution in [2.24, 2.45) is 5.73 Å². The molecule has 5 heteroatoms. The lowest BCUT2D eigenvalue weighted by atomic mass is 10.1. The molecule has 0 aromatic heterocycles. The summed E-state index contributed by atoms with van der Waals surface area (Å²) in [6.07, 6.45) is 2.85. The molecule has 106 valence electrons. The average Bonchev–Trinajstić information content (AvgIpc) is 2.39. The Kier molecular flexibility index (Phi) is 7.62. The number of primary amides is 1. The van der Waals surface area contributed by atoms with Crippen molar-refractivity contribution in [3.8, 4) is 11.5 Å². The van der Waals surface area contributed by atoms with E-state index in [4.69, 9.17) is 15.2 Å². The molecule has 0 aliphatic rings. The van der Waals surface area contributed by atoms with Crippen LogP contribution in [0.2, 0.25) is 0 Å². The summed E-state index contributed by atoms with van der Waals surface area (Å²) in [5.74, 6) is 1.06. The van der Waals surface area contributed by atoms with Crippen molar-refractivity contribution in [2.75, 3.05) is 17.6 Å². The molecule has 0 radical (unpaired) electrons. The molecule has 0 aliphatic carbocycles. The van der Waals surface area contributed by atoms with Gasteiger partial charge in [-0.15, -0.1) is 0 Å². The quantitative estimate of drug-likeness (QED) is 0.409. The van der Waals surface area contributed by atoms with Gasteiger partial charge in [-0.25, -0.2) is 0 Å². The van der Waals surface area contributed by atoms with E-state index in [1.54, 1.807) is 0 Å². The zero-order valence-corrected chi connectivity index (χ0v) is 13.3. The number of nitrogens with two attached hydrogens (primary N) is 1. The first-order valence-corrected chi connectivity index (χ1v) is 7.93. The van der Waals surface area contributed by atoms with E-state index in [0.29, 0.717) is 12.4 Å². The zero-order chi connectivity index (χ0) is 14.1. The van der Waals surface area contributed by atoms with Crippen LogP contribution in [0, 0.1) is 0 Å². The van der Waals surface area contributed by atoms with Crippen molar-refractivity contribution in [3.63, 3.8) is 0 Å². The van der Waals surface area contributed by atoms with Crippen LogP contribution in [0.4, 0.5) is 0 Å². The van der Waals surface area contributed by atoms with Crippen molar-refractivity contribution in [1.82, 2.24) is 0 Å². The van der Waals surface area contributed by atoms with Crippen molar-refractivity contribution >= 4 is 28.5 Å². The lowest BCUT2D eigenvalue weighted by Crippen LogP contribution is -2.20. The third-order valence-electron chi connectivity index (χ3n) is 2.50. The molecule has 1 amide bonds. The fraction of sp³-hybridized carbons (Fsp3) is 0.500. The van der Waals surface area contributed by atoms with E-state index in [9.17, 15) is 4.79 Å². The minimum Gasteiger partial charge on any atom is -0.493 e. The van der Waals surface area contributed by atoms with Crippen molar-refractivity contribution in [3.05, 3.63) is 23.8 Å². The highest BCUT2D eigenvalue weighted by Gasteiger charge is 2.11. The molecule has 0 heterocycles. The molecule has 0 saturated carbocycles. The molecule has 0 fully saturated rings. The fourth-order valence-corrected chi connectivity index (χ4v) is 2.01. The Bertz CT molecular complexity index is 410. The van der Waals surface area contributed by atoms with Gasteiger partial charge in [0.2, 0.25) is 0 Å². The van der Waals surface area contributed by atoms with Gasteiger partial charge in [0.15, 0.2) is 6.61 Å². The fourth-order valence-electron chi connectivity index (χ4n) is 1.70. The number of carbonyl (C=O) groups is 1. The first-order chi connectivity index (χ1) is 9.19. The molecule has 2 N–H and O–H groups in total. The second-order valence-corrected chi connectivity index (χ2v) is 5.21. The molecule has 1 rings (SSSR count). The Hall–Kier alpha value is -0.980. The molecular formula is C14H20INO3. The number of benzene rings is 1. The van der Waals surface area contributed by atoms with Gasteiger partial charge in [-0.3, -0.25) is 4.79 Å². The van der Waals surface area contributed by atoms with E-state index >= 15 is 0 Å². The van der Waals surface area contributed by atoms with Gasteiger partial charge in [0.05, 0.1) is 6.61 Å². The number of alkyl halides is 1. The Morgan fingerprint density at radius 2 is 2.00 bits per heavy atom. The van der Waals surface area contributed by atoms with Gasteiger partial charge in [0, 0.05) is 9.99 Å². The van der Waals surface area contributed by atoms with Crippen LogP contribution >= 0.6 is 22.6 Å². The van der Waals surface area contributed by atoms with Crippen LogP contribution in [-0.4, -0.2) is 23.5 Å². The summed E-state index contributed by atoms with van der Waals surface area (Å²) in [5, 5.41) is 0. The molecule has 0 aliphatic heterocycles. The molecule has 0 saturated heterocycles. The number of rotatable bonds is 9. The van der Waals surface area contributed by atoms with Crippen molar-refractivity contribution in [2.45, 2.75) is 26.2 Å². The predicted octanol–water partition coefficient (Wildman–Crippen LogP) is 2.71. The third kappa shape index (κ3) is 5.67. The Morgan fingerprint density at radius 1 is 1.32 bits per heavy atom. The second kappa shape index (κ2) is 9.01. The number of halogens is 1. The number of ether oxygens (including phenoxy) is 2. The number of hydrogen-bond acceptors (Lipinski definition) is 3. The average molecular weight is 377 g/mol. The first kappa shape index (κ1) is 16.1. The maximum atomic E-state index is 10.8. The van der Waals surface area contributed by atoms with Gasteiger partial charge in [-0.05, 0) is 25.0 Å². The molecule has 0 unspecified atom stereocenters. The molecule has 4 nitrogen and oxygen atoms in total. The highest BCUT2D eigenvalue weighted by molar-refractivity contribution is 14.1. The van der Waals surface area contributed by atoms with Gasteiger partial charge in [-0.2, -0.15) is 0 Å². The molecule has 19 heavy (non-hydrogen) atoms. The van der Waals surface area contributed by atoms with E-state index in [1.807, 2.05) is 18.2 Å². The van der Waals surface area contributed by atoms with Crippen LogP contribution in [0.25, 0.3) is 0 Å².